The van der Waals surface area contributed by atoms with Gasteiger partial charge in [0.1, 0.15) is 0 Å². The lowest BCUT2D eigenvalue weighted by Crippen LogP contribution is -2.18. The molecule has 164 valence electrons. The number of nitrogens with zero attached hydrogens (tertiary/aromatic N) is 1. The van der Waals surface area contributed by atoms with Gasteiger partial charge in [-0.2, -0.15) is 0 Å². The number of aromatic nitrogens is 1. The Labute approximate surface area is 188 Å². The van der Waals surface area contributed by atoms with Crippen LogP contribution in [0.25, 0.3) is 10.9 Å². The highest BCUT2D eigenvalue weighted by atomic mass is 32.2. The molecule has 5 nitrogen and oxygen atoms in total. The van der Waals surface area contributed by atoms with Gasteiger partial charge in [0.2, 0.25) is 0 Å². The quantitative estimate of drug-likeness (QED) is 0.440. The van der Waals surface area contributed by atoms with Gasteiger partial charge in [0.15, 0.2) is 0 Å². The molecular weight excluding hydrogens is 422 g/mol. The molecule has 0 amide bonds. The van der Waals surface area contributed by atoms with Crippen molar-refractivity contribution >= 4 is 26.9 Å². The van der Waals surface area contributed by atoms with Crippen molar-refractivity contribution in [1.82, 2.24) is 3.97 Å². The van der Waals surface area contributed by atoms with Crippen molar-refractivity contribution in [2.75, 3.05) is 0 Å². The van der Waals surface area contributed by atoms with Gasteiger partial charge in [-0.25, -0.2) is 17.2 Å². The van der Waals surface area contributed by atoms with Crippen molar-refractivity contribution in [3.8, 4) is 0 Å². The smallest absolute Gasteiger partial charge is 0.335 e. The molecular formula is C26H25NO4S. The average molecular weight is 448 g/mol. The van der Waals surface area contributed by atoms with Crippen LogP contribution in [0.4, 0.5) is 0 Å². The summed E-state index contributed by atoms with van der Waals surface area (Å²) in [6.45, 7) is 6.15. The number of carboxylic acids is 1. The summed E-state index contributed by atoms with van der Waals surface area (Å²) < 4.78 is 29.1. The minimum atomic E-state index is -3.85. The zero-order chi connectivity index (χ0) is 23.1. The molecule has 32 heavy (non-hydrogen) atoms. The SMILES string of the molecule is CC(C)(C)c1cccc(S(=O)(=O)n2c(Cc3ccc(C(=O)O)cc3)cc3ccccc32)c1. The fraction of sp³-hybridized carbons (Fsp3) is 0.192. The lowest BCUT2D eigenvalue weighted by atomic mass is 9.87. The van der Waals surface area contributed by atoms with Crippen LogP contribution in [0.2, 0.25) is 0 Å². The van der Waals surface area contributed by atoms with E-state index < -0.39 is 16.0 Å². The fourth-order valence-electron chi connectivity index (χ4n) is 3.80. The molecule has 0 spiro atoms. The van der Waals surface area contributed by atoms with E-state index in [4.69, 9.17) is 5.11 Å². The maximum absolute atomic E-state index is 13.8. The molecule has 4 aromatic rings. The van der Waals surface area contributed by atoms with Crippen LogP contribution in [-0.2, 0) is 21.9 Å². The van der Waals surface area contributed by atoms with E-state index in [1.807, 2.05) is 30.3 Å². The van der Waals surface area contributed by atoms with Crippen molar-refractivity contribution < 1.29 is 18.3 Å². The van der Waals surface area contributed by atoms with Crippen molar-refractivity contribution in [2.24, 2.45) is 0 Å². The first-order valence-corrected chi connectivity index (χ1v) is 11.8. The third-order valence-electron chi connectivity index (χ3n) is 5.56. The largest absolute Gasteiger partial charge is 0.478 e. The van der Waals surface area contributed by atoms with Gasteiger partial charge in [-0.05, 0) is 52.9 Å². The molecule has 0 fully saturated rings. The molecule has 0 aliphatic carbocycles. The first-order chi connectivity index (χ1) is 15.1. The van der Waals surface area contributed by atoms with E-state index >= 15 is 0 Å². The van der Waals surface area contributed by atoms with E-state index in [0.29, 0.717) is 17.6 Å². The first kappa shape index (κ1) is 21.8. The van der Waals surface area contributed by atoms with Gasteiger partial charge in [-0.15, -0.1) is 0 Å². The molecule has 0 bridgehead atoms. The first-order valence-electron chi connectivity index (χ1n) is 10.3. The second-order valence-electron chi connectivity index (χ2n) is 8.92. The van der Waals surface area contributed by atoms with Crippen LogP contribution in [-0.4, -0.2) is 23.5 Å². The van der Waals surface area contributed by atoms with Gasteiger partial charge in [0.25, 0.3) is 10.0 Å². The van der Waals surface area contributed by atoms with Crippen molar-refractivity contribution in [3.63, 3.8) is 0 Å². The summed E-state index contributed by atoms with van der Waals surface area (Å²) in [4.78, 5) is 11.4. The topological polar surface area (TPSA) is 76.4 Å². The van der Waals surface area contributed by atoms with E-state index in [9.17, 15) is 13.2 Å². The van der Waals surface area contributed by atoms with Gasteiger partial charge in [-0.3, -0.25) is 0 Å². The summed E-state index contributed by atoms with van der Waals surface area (Å²) in [5.74, 6) is -0.994. The van der Waals surface area contributed by atoms with Crippen molar-refractivity contribution in [1.29, 1.82) is 0 Å². The molecule has 1 aromatic heterocycles. The van der Waals surface area contributed by atoms with Crippen molar-refractivity contribution in [3.05, 3.63) is 101 Å². The van der Waals surface area contributed by atoms with Gasteiger partial charge in [0.05, 0.1) is 16.0 Å². The lowest BCUT2D eigenvalue weighted by molar-refractivity contribution is 0.0697. The summed E-state index contributed by atoms with van der Waals surface area (Å²) in [5, 5.41) is 9.97. The molecule has 0 aliphatic rings. The third-order valence-corrected chi connectivity index (χ3v) is 7.32. The molecule has 0 radical (unpaired) electrons. The Hall–Kier alpha value is -3.38. The second kappa shape index (κ2) is 7.95. The van der Waals surface area contributed by atoms with Crippen LogP contribution in [0, 0.1) is 0 Å². The Morgan fingerprint density at radius 1 is 0.906 bits per heavy atom. The maximum Gasteiger partial charge on any atom is 0.335 e. The molecule has 0 atom stereocenters. The van der Waals surface area contributed by atoms with Crippen molar-refractivity contribution in [2.45, 2.75) is 37.5 Å². The Morgan fingerprint density at radius 3 is 2.25 bits per heavy atom. The Balaban J connectivity index is 1.86. The monoisotopic (exact) mass is 447 g/mol. The minimum Gasteiger partial charge on any atom is -0.478 e. The Bertz CT molecular complexity index is 1410. The van der Waals surface area contributed by atoms with Gasteiger partial charge in [-0.1, -0.05) is 63.2 Å². The number of para-hydroxylation sites is 1. The number of carbonyl (C=O) groups is 1. The molecule has 3 aromatic carbocycles. The zero-order valence-electron chi connectivity index (χ0n) is 18.2. The molecule has 6 heteroatoms. The maximum atomic E-state index is 13.8. The summed E-state index contributed by atoms with van der Waals surface area (Å²) in [6, 6.07) is 22.9. The fourth-order valence-corrected chi connectivity index (χ4v) is 5.39. The van der Waals surface area contributed by atoms with Gasteiger partial charge in [0, 0.05) is 17.5 Å². The van der Waals surface area contributed by atoms with E-state index in [-0.39, 0.29) is 15.9 Å². The number of carboxylic acid groups (broad SMARTS) is 1. The lowest BCUT2D eigenvalue weighted by Gasteiger charge is -2.20. The molecule has 1 heterocycles. The average Bonchev–Trinajstić information content (AvgIpc) is 3.12. The minimum absolute atomic E-state index is 0.182. The van der Waals surface area contributed by atoms with E-state index in [0.717, 1.165) is 16.5 Å². The molecule has 4 rings (SSSR count). The van der Waals surface area contributed by atoms with Crippen LogP contribution in [0.5, 0.6) is 0 Å². The van der Waals surface area contributed by atoms with Crippen LogP contribution < -0.4 is 0 Å². The predicted molar refractivity (Wildman–Crippen MR) is 126 cm³/mol. The van der Waals surface area contributed by atoms with E-state index in [1.54, 1.807) is 36.4 Å². The Kier molecular flexibility index (Phi) is 5.42. The zero-order valence-corrected chi connectivity index (χ0v) is 19.1. The molecule has 1 N–H and O–H groups in total. The number of benzene rings is 3. The van der Waals surface area contributed by atoms with Gasteiger partial charge < -0.3 is 5.11 Å². The van der Waals surface area contributed by atoms with Crippen LogP contribution in [0.15, 0.2) is 83.8 Å². The van der Waals surface area contributed by atoms with E-state index in [1.165, 1.54) is 16.1 Å². The molecule has 0 unspecified atom stereocenters. The van der Waals surface area contributed by atoms with Gasteiger partial charge >= 0.3 is 5.97 Å². The normalized spacial score (nSPS) is 12.2. The highest BCUT2D eigenvalue weighted by molar-refractivity contribution is 7.90. The highest BCUT2D eigenvalue weighted by Gasteiger charge is 2.25. The number of fused-ring (bicyclic) bond motifs is 1. The van der Waals surface area contributed by atoms with Crippen LogP contribution in [0.3, 0.4) is 0 Å². The number of hydrogen-bond donors (Lipinski definition) is 1. The van der Waals surface area contributed by atoms with E-state index in [2.05, 4.69) is 20.8 Å². The summed E-state index contributed by atoms with van der Waals surface area (Å²) in [5.41, 5.74) is 3.03. The second-order valence-corrected chi connectivity index (χ2v) is 10.7. The summed E-state index contributed by atoms with van der Waals surface area (Å²) in [7, 11) is -3.85. The summed E-state index contributed by atoms with van der Waals surface area (Å²) >= 11 is 0. The highest BCUT2D eigenvalue weighted by Crippen LogP contribution is 2.30. The predicted octanol–water partition coefficient (Wildman–Crippen LogP) is 5.46. The molecule has 0 aliphatic heterocycles. The van der Waals surface area contributed by atoms with Crippen LogP contribution in [0.1, 0.15) is 48.0 Å². The third kappa shape index (κ3) is 4.06. The standard InChI is InChI=1S/C26H25NO4S/c1-26(2,3)21-8-6-9-23(17-21)32(30,31)27-22(16-20-7-4-5-10-24(20)27)15-18-11-13-19(14-12-18)25(28)29/h4-14,16-17H,15H2,1-3H3,(H,28,29). The number of rotatable bonds is 5. The number of hydrogen-bond acceptors (Lipinski definition) is 3. The molecule has 0 saturated carbocycles. The number of aromatic carboxylic acids is 1. The molecule has 0 saturated heterocycles. The van der Waals surface area contributed by atoms with Crippen LogP contribution >= 0.6 is 0 Å². The summed E-state index contributed by atoms with van der Waals surface area (Å²) in [6.07, 6.45) is 0.354. The Morgan fingerprint density at radius 2 is 1.59 bits per heavy atom.